The van der Waals surface area contributed by atoms with E-state index in [4.69, 9.17) is 0 Å². The molecule has 1 aliphatic carbocycles. The molecule has 2 aromatic heterocycles. The molecule has 0 saturated heterocycles. The largest absolute Gasteiger partial charge is 0.311 e. The molecule has 2 aromatic rings. The Balaban J connectivity index is 1.96. The summed E-state index contributed by atoms with van der Waals surface area (Å²) in [5, 5.41) is 3.41. The Bertz CT molecular complexity index is 579. The predicted molar refractivity (Wildman–Crippen MR) is 78.5 cm³/mol. The maximum Gasteiger partial charge on any atom is 0.0763 e. The van der Waals surface area contributed by atoms with Crippen LogP contribution in [-0.4, -0.2) is 22.0 Å². The second kappa shape index (κ2) is 5.67. The molecule has 0 radical (unpaired) electrons. The van der Waals surface area contributed by atoms with E-state index in [2.05, 4.69) is 26.3 Å². The van der Waals surface area contributed by atoms with Crippen LogP contribution in [0.15, 0.2) is 30.7 Å². The van der Waals surface area contributed by atoms with Gasteiger partial charge >= 0.3 is 0 Å². The third-order valence-electron chi connectivity index (χ3n) is 4.07. The van der Waals surface area contributed by atoms with E-state index in [0.717, 1.165) is 24.2 Å². The first-order valence-electron chi connectivity index (χ1n) is 7.19. The molecule has 0 bridgehead atoms. The molecule has 1 aliphatic rings. The topological polar surface area (TPSA) is 50.7 Å². The van der Waals surface area contributed by atoms with Crippen LogP contribution in [0.3, 0.4) is 0 Å². The molecule has 1 N–H and O–H groups in total. The van der Waals surface area contributed by atoms with Crippen LogP contribution in [0.2, 0.25) is 0 Å². The van der Waals surface area contributed by atoms with Crippen LogP contribution in [0.5, 0.6) is 0 Å². The van der Waals surface area contributed by atoms with Gasteiger partial charge in [-0.05, 0) is 44.9 Å². The second-order valence-corrected chi connectivity index (χ2v) is 5.40. The van der Waals surface area contributed by atoms with Gasteiger partial charge in [0.05, 0.1) is 23.6 Å². The quantitative estimate of drug-likeness (QED) is 0.929. The summed E-state index contributed by atoms with van der Waals surface area (Å²) < 4.78 is 0. The van der Waals surface area contributed by atoms with E-state index >= 15 is 0 Å². The van der Waals surface area contributed by atoms with Crippen molar-refractivity contribution in [1.29, 1.82) is 0 Å². The van der Waals surface area contributed by atoms with Gasteiger partial charge in [0.1, 0.15) is 0 Å². The van der Waals surface area contributed by atoms with Crippen molar-refractivity contribution in [2.24, 2.45) is 0 Å². The lowest BCUT2D eigenvalue weighted by atomic mass is 9.81. The molecular weight excluding hydrogens is 248 g/mol. The molecule has 0 amide bonds. The van der Waals surface area contributed by atoms with Crippen molar-refractivity contribution < 1.29 is 0 Å². The fourth-order valence-corrected chi connectivity index (χ4v) is 3.09. The molecular formula is C16H20N4. The van der Waals surface area contributed by atoms with Crippen LogP contribution in [0.4, 0.5) is 0 Å². The highest BCUT2D eigenvalue weighted by atomic mass is 14.9. The van der Waals surface area contributed by atoms with Crippen LogP contribution in [-0.2, 0) is 6.42 Å². The van der Waals surface area contributed by atoms with Gasteiger partial charge in [0.25, 0.3) is 0 Å². The van der Waals surface area contributed by atoms with Gasteiger partial charge in [-0.3, -0.25) is 15.0 Å². The normalized spacial score (nSPS) is 19.4. The molecule has 0 fully saturated rings. The number of rotatable bonds is 3. The lowest BCUT2D eigenvalue weighted by Crippen LogP contribution is -2.28. The van der Waals surface area contributed by atoms with E-state index < -0.39 is 0 Å². The second-order valence-electron chi connectivity index (χ2n) is 5.40. The maximum atomic E-state index is 4.62. The summed E-state index contributed by atoms with van der Waals surface area (Å²) in [6, 6.07) is 4.40. The first-order chi connectivity index (χ1) is 9.79. The molecule has 0 aliphatic heterocycles. The molecule has 0 spiro atoms. The molecule has 104 valence electrons. The van der Waals surface area contributed by atoms with Gasteiger partial charge in [-0.15, -0.1) is 0 Å². The molecule has 2 unspecified atom stereocenters. The van der Waals surface area contributed by atoms with Crippen LogP contribution in [0.1, 0.15) is 47.4 Å². The van der Waals surface area contributed by atoms with Crippen molar-refractivity contribution in [1.82, 2.24) is 20.3 Å². The predicted octanol–water partition coefficient (Wildman–Crippen LogP) is 2.56. The van der Waals surface area contributed by atoms with E-state index in [-0.39, 0.29) is 6.04 Å². The number of fused-ring (bicyclic) bond motifs is 1. The molecule has 0 aromatic carbocycles. The number of nitrogens with one attached hydrogen (secondary N) is 1. The number of aromatic nitrogens is 3. The fourth-order valence-electron chi connectivity index (χ4n) is 3.09. The summed E-state index contributed by atoms with van der Waals surface area (Å²) in [7, 11) is 1.99. The fraction of sp³-hybridized carbons (Fsp3) is 0.438. The Labute approximate surface area is 119 Å². The molecule has 4 heteroatoms. The monoisotopic (exact) mass is 268 g/mol. The molecule has 20 heavy (non-hydrogen) atoms. The molecule has 3 rings (SSSR count). The van der Waals surface area contributed by atoms with Crippen molar-refractivity contribution in [3.63, 3.8) is 0 Å². The van der Waals surface area contributed by atoms with Crippen molar-refractivity contribution in [3.8, 4) is 0 Å². The van der Waals surface area contributed by atoms with Gasteiger partial charge in [-0.2, -0.15) is 0 Å². The summed E-state index contributed by atoms with van der Waals surface area (Å²) in [6.45, 7) is 1.96. The molecule has 2 heterocycles. The van der Waals surface area contributed by atoms with E-state index in [0.29, 0.717) is 5.92 Å². The van der Waals surface area contributed by atoms with Crippen LogP contribution >= 0.6 is 0 Å². The van der Waals surface area contributed by atoms with Gasteiger partial charge in [0.15, 0.2) is 0 Å². The smallest absolute Gasteiger partial charge is 0.0763 e. The first-order valence-corrected chi connectivity index (χ1v) is 7.19. The Morgan fingerprint density at radius 3 is 2.90 bits per heavy atom. The van der Waals surface area contributed by atoms with Gasteiger partial charge < -0.3 is 5.32 Å². The first kappa shape index (κ1) is 13.2. The standard InChI is InChI=1S/C16H20N4/c1-11-9-20-14(10-19-11)16(17-2)13-7-3-5-12-6-4-8-18-15(12)13/h4,6,8-10,13,16-17H,3,5,7H2,1-2H3. The summed E-state index contributed by atoms with van der Waals surface area (Å²) in [5.74, 6) is 0.377. The number of hydrogen-bond donors (Lipinski definition) is 1. The Hall–Kier alpha value is -1.81. The summed E-state index contributed by atoms with van der Waals surface area (Å²) in [6.07, 6.45) is 9.10. The minimum absolute atomic E-state index is 0.178. The van der Waals surface area contributed by atoms with Gasteiger partial charge in [-0.25, -0.2) is 0 Å². The zero-order valence-electron chi connectivity index (χ0n) is 12.0. The minimum Gasteiger partial charge on any atom is -0.311 e. The summed E-state index contributed by atoms with van der Waals surface area (Å²) >= 11 is 0. The van der Waals surface area contributed by atoms with Crippen LogP contribution in [0, 0.1) is 6.92 Å². The van der Waals surface area contributed by atoms with Crippen molar-refractivity contribution in [2.45, 2.75) is 38.1 Å². The summed E-state index contributed by atoms with van der Waals surface area (Å²) in [4.78, 5) is 13.5. The lowest BCUT2D eigenvalue weighted by Gasteiger charge is -2.30. The maximum absolute atomic E-state index is 4.62. The van der Waals surface area contributed by atoms with Gasteiger partial charge in [0, 0.05) is 24.0 Å². The average molecular weight is 268 g/mol. The zero-order chi connectivity index (χ0) is 13.9. The Morgan fingerprint density at radius 1 is 1.25 bits per heavy atom. The summed E-state index contributed by atoms with van der Waals surface area (Å²) in [5.41, 5.74) is 4.55. The van der Waals surface area contributed by atoms with E-state index in [1.165, 1.54) is 17.7 Å². The highest BCUT2D eigenvalue weighted by molar-refractivity contribution is 5.29. The van der Waals surface area contributed by atoms with Crippen molar-refractivity contribution in [3.05, 3.63) is 53.4 Å². The van der Waals surface area contributed by atoms with Gasteiger partial charge in [0.2, 0.25) is 0 Å². The average Bonchev–Trinajstić information content (AvgIpc) is 2.50. The third-order valence-corrected chi connectivity index (χ3v) is 4.07. The van der Waals surface area contributed by atoms with Crippen molar-refractivity contribution in [2.75, 3.05) is 7.05 Å². The Morgan fingerprint density at radius 2 is 2.15 bits per heavy atom. The van der Waals surface area contributed by atoms with E-state index in [9.17, 15) is 0 Å². The van der Waals surface area contributed by atoms with Crippen LogP contribution in [0.25, 0.3) is 0 Å². The zero-order valence-corrected chi connectivity index (χ0v) is 12.0. The lowest BCUT2D eigenvalue weighted by molar-refractivity contribution is 0.408. The Kier molecular flexibility index (Phi) is 3.74. The number of nitrogens with zero attached hydrogens (tertiary/aromatic N) is 3. The third kappa shape index (κ3) is 2.43. The highest BCUT2D eigenvalue weighted by Gasteiger charge is 2.30. The molecule has 2 atom stereocenters. The van der Waals surface area contributed by atoms with E-state index in [1.54, 1.807) is 0 Å². The number of hydrogen-bond acceptors (Lipinski definition) is 4. The van der Waals surface area contributed by atoms with Crippen molar-refractivity contribution >= 4 is 0 Å². The minimum atomic E-state index is 0.178. The molecule has 4 nitrogen and oxygen atoms in total. The number of pyridine rings is 1. The van der Waals surface area contributed by atoms with E-state index in [1.807, 2.05) is 38.6 Å². The highest BCUT2D eigenvalue weighted by Crippen LogP contribution is 2.38. The number of aryl methyl sites for hydroxylation is 2. The number of likely N-dealkylation sites (N-methyl/N-ethyl adjacent to an activating group) is 1. The molecule has 0 saturated carbocycles. The van der Waals surface area contributed by atoms with Crippen LogP contribution < -0.4 is 5.32 Å². The van der Waals surface area contributed by atoms with Gasteiger partial charge in [-0.1, -0.05) is 6.07 Å². The SMILES string of the molecule is CNC(c1cnc(C)cn1)C1CCCc2cccnc21.